The zero-order valence-electron chi connectivity index (χ0n) is 17.3. The van der Waals surface area contributed by atoms with Crippen LogP contribution in [0.15, 0.2) is 11.1 Å². The van der Waals surface area contributed by atoms with Gasteiger partial charge in [0.05, 0.1) is 18.3 Å². The van der Waals surface area contributed by atoms with E-state index in [0.717, 1.165) is 29.5 Å². The summed E-state index contributed by atoms with van der Waals surface area (Å²) < 4.78 is 6.58. The minimum absolute atomic E-state index is 0.0325. The monoisotopic (exact) mass is 432 g/mol. The molecule has 2 aliphatic rings. The van der Waals surface area contributed by atoms with Gasteiger partial charge in [-0.15, -0.1) is 11.3 Å². The van der Waals surface area contributed by atoms with Gasteiger partial charge in [0.25, 0.3) is 5.56 Å². The number of hydrogen-bond donors (Lipinski definition) is 1. The van der Waals surface area contributed by atoms with E-state index in [4.69, 9.17) is 4.74 Å². The summed E-state index contributed by atoms with van der Waals surface area (Å²) in [5, 5.41) is 3.78. The molecule has 2 aromatic rings. The number of fused-ring (bicyclic) bond motifs is 3. The third-order valence-corrected chi connectivity index (χ3v) is 7.11. The SMILES string of the molecule is CCOC(=O)N1CCC(NC(=O)CCn2cnc3sc4c(c3c2=O)CCCC4)CC1. The molecule has 1 aliphatic carbocycles. The number of aromatic nitrogens is 2. The summed E-state index contributed by atoms with van der Waals surface area (Å²) in [4.78, 5) is 45.4. The van der Waals surface area contributed by atoms with Crippen molar-refractivity contribution in [2.45, 2.75) is 64.5 Å². The third-order valence-electron chi connectivity index (χ3n) is 5.91. The Bertz CT molecular complexity index is 991. The van der Waals surface area contributed by atoms with E-state index in [1.54, 1.807) is 34.1 Å². The minimum Gasteiger partial charge on any atom is -0.450 e. The van der Waals surface area contributed by atoms with E-state index in [0.29, 0.717) is 39.1 Å². The number of rotatable bonds is 5. The molecule has 162 valence electrons. The lowest BCUT2D eigenvalue weighted by Gasteiger charge is -2.31. The minimum atomic E-state index is -0.292. The molecule has 1 saturated heterocycles. The fourth-order valence-electron chi connectivity index (χ4n) is 4.28. The lowest BCUT2D eigenvalue weighted by atomic mass is 9.97. The molecule has 0 unspecified atom stereocenters. The van der Waals surface area contributed by atoms with E-state index in [1.807, 2.05) is 0 Å². The van der Waals surface area contributed by atoms with Crippen molar-refractivity contribution >= 4 is 33.6 Å². The molecule has 1 N–H and O–H groups in total. The van der Waals surface area contributed by atoms with E-state index in [-0.39, 0.29) is 30.0 Å². The van der Waals surface area contributed by atoms with Crippen molar-refractivity contribution in [3.63, 3.8) is 0 Å². The molecule has 0 aromatic carbocycles. The number of nitrogens with one attached hydrogen (secondary N) is 1. The summed E-state index contributed by atoms with van der Waals surface area (Å²) in [6, 6.07) is 0.0457. The maximum atomic E-state index is 13.0. The van der Waals surface area contributed by atoms with Crippen LogP contribution in [0.5, 0.6) is 0 Å². The first-order valence-corrected chi connectivity index (χ1v) is 11.6. The molecule has 9 heteroatoms. The lowest BCUT2D eigenvalue weighted by Crippen LogP contribution is -2.46. The average molecular weight is 433 g/mol. The Kier molecular flexibility index (Phi) is 6.36. The number of carbonyl (C=O) groups is 2. The second kappa shape index (κ2) is 9.16. The molecule has 0 spiro atoms. The molecule has 0 atom stereocenters. The largest absolute Gasteiger partial charge is 0.450 e. The molecule has 1 fully saturated rings. The van der Waals surface area contributed by atoms with Gasteiger partial charge in [0.2, 0.25) is 5.91 Å². The van der Waals surface area contributed by atoms with Gasteiger partial charge in [-0.25, -0.2) is 9.78 Å². The summed E-state index contributed by atoms with van der Waals surface area (Å²) in [7, 11) is 0. The van der Waals surface area contributed by atoms with Gasteiger partial charge in [0, 0.05) is 37.0 Å². The van der Waals surface area contributed by atoms with Crippen LogP contribution in [-0.2, 0) is 28.9 Å². The van der Waals surface area contributed by atoms with E-state index in [2.05, 4.69) is 10.3 Å². The zero-order chi connectivity index (χ0) is 21.1. The molecule has 2 aromatic heterocycles. The predicted octanol–water partition coefficient (Wildman–Crippen LogP) is 2.46. The molecule has 2 amide bonds. The molecule has 30 heavy (non-hydrogen) atoms. The van der Waals surface area contributed by atoms with Crippen molar-refractivity contribution < 1.29 is 14.3 Å². The van der Waals surface area contributed by atoms with Gasteiger partial charge in [0.1, 0.15) is 4.83 Å². The van der Waals surface area contributed by atoms with Crippen molar-refractivity contribution in [1.29, 1.82) is 0 Å². The molecule has 8 nitrogen and oxygen atoms in total. The smallest absolute Gasteiger partial charge is 0.409 e. The average Bonchev–Trinajstić information content (AvgIpc) is 3.13. The zero-order valence-corrected chi connectivity index (χ0v) is 18.1. The summed E-state index contributed by atoms with van der Waals surface area (Å²) in [6.45, 7) is 3.63. The van der Waals surface area contributed by atoms with Crippen LogP contribution in [0, 0.1) is 0 Å². The van der Waals surface area contributed by atoms with Gasteiger partial charge in [-0.1, -0.05) is 0 Å². The quantitative estimate of drug-likeness (QED) is 0.783. The summed E-state index contributed by atoms with van der Waals surface area (Å²) in [5.74, 6) is -0.0797. The first-order valence-electron chi connectivity index (χ1n) is 10.8. The topological polar surface area (TPSA) is 93.5 Å². The van der Waals surface area contributed by atoms with Crippen molar-refractivity contribution in [1.82, 2.24) is 19.8 Å². The Labute approximate surface area is 179 Å². The molecule has 1 aliphatic heterocycles. The number of likely N-dealkylation sites (tertiary alicyclic amines) is 1. The van der Waals surface area contributed by atoms with Gasteiger partial charge >= 0.3 is 6.09 Å². The van der Waals surface area contributed by atoms with Gasteiger partial charge in [-0.05, 0) is 51.0 Å². The first kappa shape index (κ1) is 20.8. The van der Waals surface area contributed by atoms with Crippen molar-refractivity contribution in [3.05, 3.63) is 27.1 Å². The fraction of sp³-hybridized carbons (Fsp3) is 0.619. The van der Waals surface area contributed by atoms with E-state index >= 15 is 0 Å². The van der Waals surface area contributed by atoms with Crippen molar-refractivity contribution in [2.24, 2.45) is 0 Å². The normalized spacial score (nSPS) is 17.0. The number of amides is 2. The highest BCUT2D eigenvalue weighted by Gasteiger charge is 2.25. The van der Waals surface area contributed by atoms with Crippen LogP contribution >= 0.6 is 11.3 Å². The molecule has 0 radical (unpaired) electrons. The number of nitrogens with zero attached hydrogens (tertiary/aromatic N) is 3. The van der Waals surface area contributed by atoms with Crippen LogP contribution in [0.2, 0.25) is 0 Å². The van der Waals surface area contributed by atoms with Gasteiger partial charge in [0.15, 0.2) is 0 Å². The fourth-order valence-corrected chi connectivity index (χ4v) is 5.50. The summed E-state index contributed by atoms with van der Waals surface area (Å²) in [6.07, 6.45) is 7.19. The maximum absolute atomic E-state index is 13.0. The molecular formula is C21H28N4O4S. The van der Waals surface area contributed by atoms with Gasteiger partial charge < -0.3 is 15.0 Å². The molecule has 0 saturated carbocycles. The third kappa shape index (κ3) is 4.35. The number of carbonyl (C=O) groups excluding carboxylic acids is 2. The number of piperidine rings is 1. The van der Waals surface area contributed by atoms with Gasteiger partial charge in [-0.2, -0.15) is 0 Å². The number of hydrogen-bond acceptors (Lipinski definition) is 6. The molecule has 3 heterocycles. The highest BCUT2D eigenvalue weighted by molar-refractivity contribution is 7.18. The van der Waals surface area contributed by atoms with Crippen molar-refractivity contribution in [2.75, 3.05) is 19.7 Å². The molecule has 4 rings (SSSR count). The molecule has 0 bridgehead atoms. The first-order chi connectivity index (χ1) is 14.6. The lowest BCUT2D eigenvalue weighted by molar-refractivity contribution is -0.122. The van der Waals surface area contributed by atoms with Gasteiger partial charge in [-0.3, -0.25) is 14.2 Å². The predicted molar refractivity (Wildman–Crippen MR) is 115 cm³/mol. The van der Waals surface area contributed by atoms with Crippen LogP contribution < -0.4 is 10.9 Å². The maximum Gasteiger partial charge on any atom is 0.409 e. The van der Waals surface area contributed by atoms with E-state index in [1.165, 1.54) is 16.9 Å². The van der Waals surface area contributed by atoms with Crippen molar-refractivity contribution in [3.8, 4) is 0 Å². The Morgan fingerprint density at radius 1 is 1.27 bits per heavy atom. The van der Waals surface area contributed by atoms with Crippen LogP contribution in [0.3, 0.4) is 0 Å². The number of ether oxygens (including phenoxy) is 1. The highest BCUT2D eigenvalue weighted by Crippen LogP contribution is 2.33. The van der Waals surface area contributed by atoms with E-state index < -0.39 is 0 Å². The Hall–Kier alpha value is -2.42. The Morgan fingerprint density at radius 2 is 2.03 bits per heavy atom. The second-order valence-corrected chi connectivity index (χ2v) is 9.00. The highest BCUT2D eigenvalue weighted by atomic mass is 32.1. The van der Waals surface area contributed by atoms with Crippen LogP contribution in [-0.4, -0.2) is 52.2 Å². The van der Waals surface area contributed by atoms with Crippen LogP contribution in [0.4, 0.5) is 4.79 Å². The summed E-state index contributed by atoms with van der Waals surface area (Å²) in [5.41, 5.74) is 1.14. The number of aryl methyl sites for hydroxylation is 3. The second-order valence-electron chi connectivity index (χ2n) is 7.91. The Balaban J connectivity index is 1.32. The van der Waals surface area contributed by atoms with Crippen LogP contribution in [0.1, 0.15) is 49.5 Å². The standard InChI is InChI=1S/C21H28N4O4S/c1-2-29-21(28)24-10-7-14(8-11-24)23-17(26)9-12-25-13-22-19-18(20(25)27)15-5-3-4-6-16(15)30-19/h13-14H,2-12H2,1H3,(H,23,26). The summed E-state index contributed by atoms with van der Waals surface area (Å²) >= 11 is 1.63. The molecular weight excluding hydrogens is 404 g/mol. The van der Waals surface area contributed by atoms with Crippen LogP contribution in [0.25, 0.3) is 10.2 Å². The Morgan fingerprint density at radius 3 is 2.80 bits per heavy atom. The van der Waals surface area contributed by atoms with E-state index in [9.17, 15) is 14.4 Å². The number of thiophene rings is 1.